The van der Waals surface area contributed by atoms with E-state index in [1.165, 1.54) is 79.5 Å². The number of hydrogen-bond acceptors (Lipinski definition) is 3. The lowest BCUT2D eigenvalue weighted by Crippen LogP contribution is -2.06. The molecule has 10 heteroatoms. The van der Waals surface area contributed by atoms with E-state index in [9.17, 15) is 31.1 Å². The second-order valence-electron chi connectivity index (χ2n) is 16.5. The van der Waals surface area contributed by atoms with Crippen molar-refractivity contribution in [3.05, 3.63) is 95.7 Å². The van der Waals surface area contributed by atoms with Crippen LogP contribution in [0.25, 0.3) is 22.0 Å². The minimum Gasteiger partial charge on any atom is -0.478 e. The quantitative estimate of drug-likeness (QED) is 0.0422. The molecule has 0 amide bonds. The van der Waals surface area contributed by atoms with E-state index in [-0.39, 0.29) is 12.8 Å². The van der Waals surface area contributed by atoms with Crippen LogP contribution in [0.2, 0.25) is 0 Å². The van der Waals surface area contributed by atoms with Gasteiger partial charge in [0.15, 0.2) is 0 Å². The molecule has 0 unspecified atom stereocenters. The largest absolute Gasteiger partial charge is 0.478 e. The Morgan fingerprint density at radius 1 is 0.590 bits per heavy atom. The highest BCUT2D eigenvalue weighted by atomic mass is 19.4. The molecule has 3 aromatic carbocycles. The number of carboxylic acid groups (broad SMARTS) is 1. The summed E-state index contributed by atoms with van der Waals surface area (Å²) >= 11 is 0. The van der Waals surface area contributed by atoms with Gasteiger partial charge in [-0.2, -0.15) is 26.3 Å². The Kier molecular flexibility index (Phi) is 24.6. The van der Waals surface area contributed by atoms with E-state index in [2.05, 4.69) is 59.7 Å². The third-order valence-corrected chi connectivity index (χ3v) is 11.2. The lowest BCUT2D eigenvalue weighted by molar-refractivity contribution is -0.136. The van der Waals surface area contributed by atoms with Crippen LogP contribution >= 0.6 is 0 Å². The predicted molar refractivity (Wildman–Crippen MR) is 240 cm³/mol. The minimum absolute atomic E-state index is 0.234. The van der Waals surface area contributed by atoms with Crippen molar-refractivity contribution in [1.82, 2.24) is 4.98 Å². The molecule has 4 nitrogen and oxygen atoms in total. The molecule has 0 saturated carbocycles. The SMILES string of the molecule is CCCCCCCCCNc1ccc(-c2cc(CCCCCCCCCC(F)(F)F)ccc2CCCCCCCCCC(F)(F)F)cc1.O=C(O)c1ccnc2ccccc12. The molecule has 0 radical (unpaired) electrons. The summed E-state index contributed by atoms with van der Waals surface area (Å²) < 4.78 is 74.0. The topological polar surface area (TPSA) is 62.2 Å². The number of rotatable bonds is 29. The number of nitrogens with one attached hydrogen (secondary N) is 1. The number of anilines is 1. The van der Waals surface area contributed by atoms with E-state index in [1.54, 1.807) is 18.2 Å². The molecule has 0 aliphatic rings. The van der Waals surface area contributed by atoms with Gasteiger partial charge in [-0.05, 0) is 91.5 Å². The zero-order valence-electron chi connectivity index (χ0n) is 36.5. The van der Waals surface area contributed by atoms with Crippen molar-refractivity contribution in [2.75, 3.05) is 11.9 Å². The number of carboxylic acids is 1. The van der Waals surface area contributed by atoms with Crippen molar-refractivity contribution < 1.29 is 36.2 Å². The van der Waals surface area contributed by atoms with Gasteiger partial charge in [0, 0.05) is 36.7 Å². The molecule has 4 rings (SSSR count). The van der Waals surface area contributed by atoms with Gasteiger partial charge in [0.2, 0.25) is 0 Å². The molecule has 61 heavy (non-hydrogen) atoms. The highest BCUT2D eigenvalue weighted by Gasteiger charge is 2.26. The number of aromatic nitrogens is 1. The summed E-state index contributed by atoms with van der Waals surface area (Å²) in [5, 5.41) is 13.1. The first-order chi connectivity index (χ1) is 29.4. The van der Waals surface area contributed by atoms with Gasteiger partial charge in [-0.25, -0.2) is 4.79 Å². The average molecular weight is 857 g/mol. The molecule has 4 aromatic rings. The van der Waals surface area contributed by atoms with Crippen LogP contribution in [0.15, 0.2) is 79.0 Å². The van der Waals surface area contributed by atoms with Crippen LogP contribution in [0, 0.1) is 0 Å². The number of aryl methyl sites for hydroxylation is 2. The Hall–Kier alpha value is -4.08. The molecule has 1 heterocycles. The molecular weight excluding hydrogens is 787 g/mol. The van der Waals surface area contributed by atoms with E-state index in [1.807, 2.05) is 6.07 Å². The molecule has 0 fully saturated rings. The average Bonchev–Trinajstić information content (AvgIpc) is 3.23. The number of pyridine rings is 1. The number of para-hydroxylation sites is 1. The van der Waals surface area contributed by atoms with E-state index >= 15 is 0 Å². The lowest BCUT2D eigenvalue weighted by atomic mass is 9.92. The Morgan fingerprint density at radius 3 is 1.69 bits per heavy atom. The van der Waals surface area contributed by atoms with Gasteiger partial charge in [-0.3, -0.25) is 4.98 Å². The van der Waals surface area contributed by atoms with Gasteiger partial charge in [-0.1, -0.05) is 158 Å². The third-order valence-electron chi connectivity index (χ3n) is 11.2. The van der Waals surface area contributed by atoms with Gasteiger partial charge in [0.1, 0.15) is 0 Å². The Labute approximate surface area is 361 Å². The number of alkyl halides is 6. The van der Waals surface area contributed by atoms with Crippen molar-refractivity contribution in [3.63, 3.8) is 0 Å². The zero-order chi connectivity index (χ0) is 44.2. The highest BCUT2D eigenvalue weighted by Crippen LogP contribution is 2.30. The summed E-state index contributed by atoms with van der Waals surface area (Å²) in [4.78, 5) is 14.8. The summed E-state index contributed by atoms with van der Waals surface area (Å²) in [5.74, 6) is -0.918. The van der Waals surface area contributed by atoms with Crippen LogP contribution in [-0.2, 0) is 12.8 Å². The molecule has 0 atom stereocenters. The number of halogens is 6. The first-order valence-corrected chi connectivity index (χ1v) is 23.0. The summed E-state index contributed by atoms with van der Waals surface area (Å²) in [5.41, 5.74) is 7.31. The van der Waals surface area contributed by atoms with E-state index in [4.69, 9.17) is 5.11 Å². The second-order valence-corrected chi connectivity index (χ2v) is 16.5. The third kappa shape index (κ3) is 23.1. The molecular formula is C51H70F6N2O2. The maximum atomic E-state index is 12.3. The number of fused-ring (bicyclic) bond motifs is 1. The molecule has 0 aliphatic carbocycles. The molecule has 338 valence electrons. The fourth-order valence-corrected chi connectivity index (χ4v) is 7.69. The molecule has 2 N–H and O–H groups in total. The smallest absolute Gasteiger partial charge is 0.389 e. The summed E-state index contributed by atoms with van der Waals surface area (Å²) in [7, 11) is 0. The van der Waals surface area contributed by atoms with Gasteiger partial charge in [0.05, 0.1) is 11.1 Å². The number of benzene rings is 3. The molecule has 1 aromatic heterocycles. The van der Waals surface area contributed by atoms with Crippen LogP contribution in [0.4, 0.5) is 32.0 Å². The van der Waals surface area contributed by atoms with Crippen molar-refractivity contribution in [1.29, 1.82) is 0 Å². The first kappa shape index (κ1) is 51.3. The van der Waals surface area contributed by atoms with E-state index in [0.29, 0.717) is 29.3 Å². The minimum atomic E-state index is -4.04. The van der Waals surface area contributed by atoms with E-state index < -0.39 is 31.2 Å². The number of unbranched alkanes of at least 4 members (excludes halogenated alkanes) is 18. The standard InChI is InChI=1S/C41H63F6N.C10H7NO2/c1-2-3-4-5-12-17-22-33-48-38-29-27-37(28-30-38)39-34-35(23-18-13-8-6-10-15-20-31-40(42,43)44)25-26-36(39)24-19-14-9-7-11-16-21-32-41(45,46)47;12-10(13)8-5-6-11-9-4-2-1-3-7(8)9/h25-30,34,48H,2-24,31-33H2,1H3;1-6H,(H,12,13). The van der Waals surface area contributed by atoms with Crippen LogP contribution in [-0.4, -0.2) is 35.0 Å². The fourth-order valence-electron chi connectivity index (χ4n) is 7.69. The second kappa shape index (κ2) is 29.3. The van der Waals surface area contributed by atoms with Gasteiger partial charge in [0.25, 0.3) is 0 Å². The van der Waals surface area contributed by atoms with Crippen molar-refractivity contribution in [3.8, 4) is 11.1 Å². The van der Waals surface area contributed by atoms with Crippen LogP contribution in [0.1, 0.15) is 176 Å². The van der Waals surface area contributed by atoms with Crippen LogP contribution in [0.5, 0.6) is 0 Å². The Balaban J connectivity index is 0.000000640. The van der Waals surface area contributed by atoms with E-state index in [0.717, 1.165) is 89.3 Å². The first-order valence-electron chi connectivity index (χ1n) is 23.0. The van der Waals surface area contributed by atoms with Gasteiger partial charge >= 0.3 is 18.3 Å². The van der Waals surface area contributed by atoms with Crippen molar-refractivity contribution in [2.24, 2.45) is 0 Å². The molecule has 0 aliphatic heterocycles. The summed E-state index contributed by atoms with van der Waals surface area (Å²) in [6, 6.07) is 24.3. The van der Waals surface area contributed by atoms with Crippen LogP contribution in [0.3, 0.4) is 0 Å². The summed E-state index contributed by atoms with van der Waals surface area (Å²) in [6.45, 7) is 3.24. The molecule has 0 bridgehead atoms. The maximum Gasteiger partial charge on any atom is 0.389 e. The van der Waals surface area contributed by atoms with Gasteiger partial charge < -0.3 is 10.4 Å². The Morgan fingerprint density at radius 2 is 1.11 bits per heavy atom. The highest BCUT2D eigenvalue weighted by molar-refractivity contribution is 6.02. The number of carbonyl (C=O) groups is 1. The normalized spacial score (nSPS) is 11.7. The number of aromatic carboxylic acids is 1. The van der Waals surface area contributed by atoms with Crippen molar-refractivity contribution in [2.45, 2.75) is 180 Å². The van der Waals surface area contributed by atoms with Gasteiger partial charge in [-0.15, -0.1) is 0 Å². The lowest BCUT2D eigenvalue weighted by Gasteiger charge is -2.14. The maximum absolute atomic E-state index is 12.3. The monoisotopic (exact) mass is 857 g/mol. The Bertz CT molecular complexity index is 1770. The fraction of sp³-hybridized carbons (Fsp3) is 0.569. The number of nitrogens with zero attached hydrogens (tertiary/aromatic N) is 1. The zero-order valence-corrected chi connectivity index (χ0v) is 36.5. The van der Waals surface area contributed by atoms with Crippen LogP contribution < -0.4 is 5.32 Å². The van der Waals surface area contributed by atoms with Crippen molar-refractivity contribution >= 4 is 22.6 Å². The predicted octanol–water partition coefficient (Wildman–Crippen LogP) is 16.9. The molecule has 0 spiro atoms. The number of hydrogen-bond donors (Lipinski definition) is 2. The summed E-state index contributed by atoms with van der Waals surface area (Å²) in [6.07, 6.45) is 15.1. The molecule has 0 saturated heterocycles.